The van der Waals surface area contributed by atoms with Gasteiger partial charge in [-0.3, -0.25) is 9.79 Å². The van der Waals surface area contributed by atoms with E-state index in [1.54, 1.807) is 6.92 Å². The third-order valence-corrected chi connectivity index (χ3v) is 3.77. The number of carbonyl (C=O) groups excluding carboxylic acids is 1. The summed E-state index contributed by atoms with van der Waals surface area (Å²) in [4.78, 5) is 19.1. The van der Waals surface area contributed by atoms with Crippen LogP contribution in [0.5, 0.6) is 0 Å². The molecule has 118 valence electrons. The average molecular weight is 309 g/mol. The van der Waals surface area contributed by atoms with Crippen molar-refractivity contribution in [2.45, 2.75) is 13.8 Å². The van der Waals surface area contributed by atoms with Gasteiger partial charge in [-0.15, -0.1) is 0 Å². The van der Waals surface area contributed by atoms with Gasteiger partial charge in [0.2, 0.25) is 0 Å². The van der Waals surface area contributed by atoms with Crippen LogP contribution in [-0.4, -0.2) is 30.3 Å². The van der Waals surface area contributed by atoms with E-state index >= 15 is 0 Å². The van der Waals surface area contributed by atoms with Gasteiger partial charge < -0.3 is 15.0 Å². The SMILES string of the molecule is CCOC(=O)CNc1ccc2c(c1)C(=C(C)c1ccc[nH]1)C=N2. The summed E-state index contributed by atoms with van der Waals surface area (Å²) in [5, 5.41) is 3.09. The number of aromatic amines is 1. The number of rotatable bonds is 5. The molecule has 1 aliphatic rings. The first-order valence-electron chi connectivity index (χ1n) is 7.61. The zero-order valence-electron chi connectivity index (χ0n) is 13.2. The molecule has 3 rings (SSSR count). The van der Waals surface area contributed by atoms with Gasteiger partial charge in [0, 0.05) is 34.9 Å². The van der Waals surface area contributed by atoms with Crippen molar-refractivity contribution in [1.82, 2.24) is 4.98 Å². The third-order valence-electron chi connectivity index (χ3n) is 3.77. The highest BCUT2D eigenvalue weighted by atomic mass is 16.5. The molecule has 2 heterocycles. The van der Waals surface area contributed by atoms with E-state index in [2.05, 4.69) is 22.2 Å². The molecule has 0 saturated heterocycles. The predicted octanol–water partition coefficient (Wildman–Crippen LogP) is 3.64. The maximum Gasteiger partial charge on any atom is 0.325 e. The smallest absolute Gasteiger partial charge is 0.325 e. The van der Waals surface area contributed by atoms with Gasteiger partial charge in [0.1, 0.15) is 6.54 Å². The number of esters is 1. The van der Waals surface area contributed by atoms with Crippen molar-refractivity contribution in [2.75, 3.05) is 18.5 Å². The fourth-order valence-electron chi connectivity index (χ4n) is 2.57. The van der Waals surface area contributed by atoms with Crippen molar-refractivity contribution in [3.8, 4) is 0 Å². The van der Waals surface area contributed by atoms with Crippen LogP contribution in [0, 0.1) is 0 Å². The number of anilines is 1. The van der Waals surface area contributed by atoms with E-state index in [0.29, 0.717) is 6.61 Å². The number of allylic oxidation sites excluding steroid dienone is 2. The molecule has 0 bridgehead atoms. The Morgan fingerprint density at radius 1 is 1.35 bits per heavy atom. The number of nitrogens with zero attached hydrogens (tertiary/aromatic N) is 1. The van der Waals surface area contributed by atoms with Crippen LogP contribution in [0.1, 0.15) is 25.1 Å². The van der Waals surface area contributed by atoms with Crippen molar-refractivity contribution in [3.05, 3.63) is 47.8 Å². The van der Waals surface area contributed by atoms with E-state index in [9.17, 15) is 4.79 Å². The second-order valence-electron chi connectivity index (χ2n) is 5.27. The van der Waals surface area contributed by atoms with Crippen molar-refractivity contribution in [1.29, 1.82) is 0 Å². The van der Waals surface area contributed by atoms with Crippen LogP contribution in [0.25, 0.3) is 11.1 Å². The minimum Gasteiger partial charge on any atom is -0.465 e. The molecule has 0 saturated carbocycles. The van der Waals surface area contributed by atoms with Crippen LogP contribution >= 0.6 is 0 Å². The van der Waals surface area contributed by atoms with Crippen molar-refractivity contribution >= 4 is 34.7 Å². The van der Waals surface area contributed by atoms with Crippen LogP contribution in [0.4, 0.5) is 11.4 Å². The van der Waals surface area contributed by atoms with Gasteiger partial charge in [-0.2, -0.15) is 0 Å². The molecule has 0 radical (unpaired) electrons. The molecule has 23 heavy (non-hydrogen) atoms. The van der Waals surface area contributed by atoms with E-state index in [4.69, 9.17) is 4.74 Å². The maximum atomic E-state index is 11.5. The molecule has 2 N–H and O–H groups in total. The molecule has 1 aliphatic heterocycles. The zero-order chi connectivity index (χ0) is 16.2. The van der Waals surface area contributed by atoms with Crippen LogP contribution in [0.2, 0.25) is 0 Å². The Hall–Kier alpha value is -2.82. The second kappa shape index (κ2) is 6.52. The normalized spacial score (nSPS) is 14.5. The molecule has 0 unspecified atom stereocenters. The summed E-state index contributed by atoms with van der Waals surface area (Å²) in [6.07, 6.45) is 3.79. The second-order valence-corrected chi connectivity index (χ2v) is 5.27. The molecule has 0 atom stereocenters. The van der Waals surface area contributed by atoms with E-state index in [0.717, 1.165) is 33.8 Å². The number of aliphatic imine (C=N–C) groups is 1. The lowest BCUT2D eigenvalue weighted by molar-refractivity contribution is -0.140. The highest BCUT2D eigenvalue weighted by Crippen LogP contribution is 2.37. The number of H-pyrrole nitrogens is 1. The predicted molar refractivity (Wildman–Crippen MR) is 93.0 cm³/mol. The third kappa shape index (κ3) is 3.18. The van der Waals surface area contributed by atoms with Gasteiger partial charge in [0.15, 0.2) is 0 Å². The molecule has 0 spiro atoms. The molecule has 0 fully saturated rings. The van der Waals surface area contributed by atoms with Crippen LogP contribution in [0.15, 0.2) is 41.5 Å². The molecule has 0 aliphatic carbocycles. The molecule has 2 aromatic rings. The van der Waals surface area contributed by atoms with Gasteiger partial charge in [-0.05, 0) is 49.8 Å². The number of carbonyl (C=O) groups is 1. The summed E-state index contributed by atoms with van der Waals surface area (Å²) in [6, 6.07) is 9.90. The van der Waals surface area contributed by atoms with Gasteiger partial charge >= 0.3 is 5.97 Å². The number of aromatic nitrogens is 1. The Balaban J connectivity index is 1.84. The minimum atomic E-state index is -0.261. The number of fused-ring (bicyclic) bond motifs is 1. The van der Waals surface area contributed by atoms with Gasteiger partial charge in [-0.25, -0.2) is 0 Å². The van der Waals surface area contributed by atoms with E-state index in [-0.39, 0.29) is 12.5 Å². The van der Waals surface area contributed by atoms with Gasteiger partial charge in [-0.1, -0.05) is 0 Å². The van der Waals surface area contributed by atoms with Crippen molar-refractivity contribution in [3.63, 3.8) is 0 Å². The summed E-state index contributed by atoms with van der Waals surface area (Å²) < 4.78 is 4.92. The summed E-state index contributed by atoms with van der Waals surface area (Å²) in [5.41, 5.74) is 6.17. The number of hydrogen-bond donors (Lipinski definition) is 2. The van der Waals surface area contributed by atoms with Crippen molar-refractivity contribution < 1.29 is 9.53 Å². The summed E-state index contributed by atoms with van der Waals surface area (Å²) >= 11 is 0. The Kier molecular flexibility index (Phi) is 4.28. The van der Waals surface area contributed by atoms with E-state index in [1.165, 1.54) is 0 Å². The first kappa shape index (κ1) is 15.1. The Labute approximate surface area is 135 Å². The molecule has 0 amide bonds. The van der Waals surface area contributed by atoms with Gasteiger partial charge in [0.05, 0.1) is 12.3 Å². The Bertz CT molecular complexity index is 774. The number of ether oxygens (including phenoxy) is 1. The highest BCUT2D eigenvalue weighted by molar-refractivity contribution is 6.24. The van der Waals surface area contributed by atoms with E-state index < -0.39 is 0 Å². The molecule has 5 heteroatoms. The molecule has 1 aromatic carbocycles. The van der Waals surface area contributed by atoms with Crippen LogP contribution in [0.3, 0.4) is 0 Å². The van der Waals surface area contributed by atoms with Gasteiger partial charge in [0.25, 0.3) is 0 Å². The monoisotopic (exact) mass is 309 g/mol. The maximum absolute atomic E-state index is 11.5. The zero-order valence-corrected chi connectivity index (χ0v) is 13.2. The lowest BCUT2D eigenvalue weighted by atomic mass is 10.00. The Morgan fingerprint density at radius 2 is 2.22 bits per heavy atom. The molecular formula is C18H19N3O2. The lowest BCUT2D eigenvalue weighted by Gasteiger charge is -2.09. The highest BCUT2D eigenvalue weighted by Gasteiger charge is 2.16. The number of nitrogens with one attached hydrogen (secondary N) is 2. The molecule has 5 nitrogen and oxygen atoms in total. The standard InChI is InChI=1S/C18H19N3O2/c1-3-23-18(22)11-20-13-6-7-17-14(9-13)15(10-21-17)12(2)16-5-4-8-19-16/h4-10,19-20H,3,11H2,1-2H3. The minimum absolute atomic E-state index is 0.155. The number of hydrogen-bond acceptors (Lipinski definition) is 4. The van der Waals surface area contributed by atoms with Crippen LogP contribution < -0.4 is 5.32 Å². The first-order valence-corrected chi connectivity index (χ1v) is 7.61. The summed E-state index contributed by atoms with van der Waals surface area (Å²) in [7, 11) is 0. The van der Waals surface area contributed by atoms with Crippen LogP contribution in [-0.2, 0) is 9.53 Å². The summed E-state index contributed by atoms with van der Waals surface area (Å²) in [6.45, 7) is 4.41. The fraction of sp³-hybridized carbons (Fsp3) is 0.222. The quantitative estimate of drug-likeness (QED) is 0.829. The van der Waals surface area contributed by atoms with Crippen molar-refractivity contribution in [2.24, 2.45) is 4.99 Å². The topological polar surface area (TPSA) is 66.5 Å². The fourth-order valence-corrected chi connectivity index (χ4v) is 2.57. The summed E-state index contributed by atoms with van der Waals surface area (Å²) in [5.74, 6) is -0.261. The lowest BCUT2D eigenvalue weighted by Crippen LogP contribution is -2.16. The first-order chi connectivity index (χ1) is 11.2. The molecular weight excluding hydrogens is 290 g/mol. The number of benzene rings is 1. The van der Waals surface area contributed by atoms with E-state index in [1.807, 2.05) is 42.7 Å². The average Bonchev–Trinajstić information content (AvgIpc) is 3.22. The largest absolute Gasteiger partial charge is 0.465 e. The molecule has 1 aromatic heterocycles. The Morgan fingerprint density at radius 3 is 2.96 bits per heavy atom.